The van der Waals surface area contributed by atoms with Crippen LogP contribution in [0.3, 0.4) is 0 Å². The number of carbonyl (C=O) groups is 1. The van der Waals surface area contributed by atoms with Gasteiger partial charge in [-0.25, -0.2) is 0 Å². The van der Waals surface area contributed by atoms with Crippen LogP contribution in [0, 0.1) is 5.92 Å². The molecule has 0 aromatic heterocycles. The quantitative estimate of drug-likeness (QED) is 0.795. The van der Waals surface area contributed by atoms with E-state index in [4.69, 9.17) is 0 Å². The van der Waals surface area contributed by atoms with E-state index in [-0.39, 0.29) is 5.91 Å². The van der Waals surface area contributed by atoms with Gasteiger partial charge in [-0.05, 0) is 49.1 Å². The Morgan fingerprint density at radius 3 is 2.54 bits per heavy atom. The number of hydrogen-bond acceptors (Lipinski definition) is 3. The molecule has 4 nitrogen and oxygen atoms in total. The summed E-state index contributed by atoms with van der Waals surface area (Å²) in [5, 5.41) is 5.92. The van der Waals surface area contributed by atoms with Crippen molar-refractivity contribution in [3.8, 4) is 0 Å². The molecule has 0 fully saturated rings. The standard InChI is InChI=1S/C20H23N3O/c1-14-12-18(22(3)4)11-10-16(14)13-19-15(2)21-23(20(19)24)17-8-6-5-7-9-17/h5-11,13-14H,12H2,1-4H3/b19-13-. The number of hydrazone groups is 1. The summed E-state index contributed by atoms with van der Waals surface area (Å²) in [6, 6.07) is 9.54. The highest BCUT2D eigenvalue weighted by Crippen LogP contribution is 2.30. The zero-order valence-corrected chi connectivity index (χ0v) is 14.7. The van der Waals surface area contributed by atoms with Gasteiger partial charge in [0.25, 0.3) is 5.91 Å². The first-order valence-corrected chi connectivity index (χ1v) is 8.22. The van der Waals surface area contributed by atoms with E-state index in [2.05, 4.69) is 43.2 Å². The molecule has 1 aliphatic heterocycles. The first kappa shape index (κ1) is 16.2. The predicted molar refractivity (Wildman–Crippen MR) is 98.8 cm³/mol. The first-order chi connectivity index (χ1) is 11.5. The van der Waals surface area contributed by atoms with E-state index in [0.717, 1.165) is 17.8 Å². The Morgan fingerprint density at radius 1 is 1.21 bits per heavy atom. The maximum absolute atomic E-state index is 12.8. The van der Waals surface area contributed by atoms with E-state index in [1.54, 1.807) is 0 Å². The summed E-state index contributed by atoms with van der Waals surface area (Å²) in [6.07, 6.45) is 7.22. The van der Waals surface area contributed by atoms with Gasteiger partial charge in [-0.15, -0.1) is 0 Å². The van der Waals surface area contributed by atoms with Gasteiger partial charge in [0.2, 0.25) is 0 Å². The minimum atomic E-state index is -0.0609. The third-order valence-electron chi connectivity index (χ3n) is 4.50. The van der Waals surface area contributed by atoms with Crippen molar-refractivity contribution in [2.24, 2.45) is 11.0 Å². The molecule has 1 aromatic rings. The van der Waals surface area contributed by atoms with Crippen LogP contribution < -0.4 is 5.01 Å². The van der Waals surface area contributed by atoms with Gasteiger partial charge >= 0.3 is 0 Å². The van der Waals surface area contributed by atoms with Crippen LogP contribution in [0.25, 0.3) is 0 Å². The molecular formula is C20H23N3O. The van der Waals surface area contributed by atoms with Gasteiger partial charge in [0.1, 0.15) is 0 Å². The van der Waals surface area contributed by atoms with Gasteiger partial charge < -0.3 is 4.90 Å². The Labute approximate surface area is 143 Å². The highest BCUT2D eigenvalue weighted by atomic mass is 16.2. The molecule has 1 amide bonds. The van der Waals surface area contributed by atoms with E-state index in [1.165, 1.54) is 16.3 Å². The zero-order chi connectivity index (χ0) is 17.3. The highest BCUT2D eigenvalue weighted by Gasteiger charge is 2.29. The van der Waals surface area contributed by atoms with Crippen molar-refractivity contribution in [2.75, 3.05) is 19.1 Å². The summed E-state index contributed by atoms with van der Waals surface area (Å²) >= 11 is 0. The van der Waals surface area contributed by atoms with E-state index in [1.807, 2.05) is 43.3 Å². The van der Waals surface area contributed by atoms with Crippen LogP contribution in [-0.2, 0) is 4.79 Å². The normalized spacial score (nSPS) is 22.4. The summed E-state index contributed by atoms with van der Waals surface area (Å²) in [7, 11) is 4.12. The Hall–Kier alpha value is -2.62. The SMILES string of the molecule is CC1=NN(c2ccccc2)C(=O)/C1=C\C1=CC=C(N(C)C)CC1C. The van der Waals surface area contributed by atoms with Crippen molar-refractivity contribution in [1.82, 2.24) is 4.90 Å². The molecule has 1 aromatic carbocycles. The molecule has 124 valence electrons. The van der Waals surface area contributed by atoms with Crippen molar-refractivity contribution < 1.29 is 4.79 Å². The number of allylic oxidation sites excluding steroid dienone is 5. The van der Waals surface area contributed by atoms with Crippen molar-refractivity contribution in [3.05, 3.63) is 65.4 Å². The average Bonchev–Trinajstić information content (AvgIpc) is 2.85. The van der Waals surface area contributed by atoms with Gasteiger partial charge in [0.15, 0.2) is 0 Å². The van der Waals surface area contributed by atoms with Crippen molar-refractivity contribution >= 4 is 17.3 Å². The number of hydrogen-bond donors (Lipinski definition) is 0. The molecule has 0 spiro atoms. The molecule has 24 heavy (non-hydrogen) atoms. The molecule has 1 heterocycles. The zero-order valence-electron chi connectivity index (χ0n) is 14.7. The Balaban J connectivity index is 1.89. The molecule has 1 aliphatic carbocycles. The minimum Gasteiger partial charge on any atom is -0.381 e. The molecule has 0 N–H and O–H groups in total. The van der Waals surface area contributed by atoms with E-state index in [9.17, 15) is 4.79 Å². The molecule has 4 heteroatoms. The number of carbonyl (C=O) groups excluding carboxylic acids is 1. The van der Waals surface area contributed by atoms with Gasteiger partial charge in [-0.3, -0.25) is 4.79 Å². The largest absolute Gasteiger partial charge is 0.381 e. The molecule has 1 atom stereocenters. The van der Waals surface area contributed by atoms with Crippen LogP contribution in [0.15, 0.2) is 70.5 Å². The van der Waals surface area contributed by atoms with E-state index >= 15 is 0 Å². The Morgan fingerprint density at radius 2 is 1.92 bits per heavy atom. The van der Waals surface area contributed by atoms with Crippen molar-refractivity contribution in [2.45, 2.75) is 20.3 Å². The molecule has 0 saturated heterocycles. The fraction of sp³-hybridized carbons (Fsp3) is 0.300. The molecule has 0 saturated carbocycles. The van der Waals surface area contributed by atoms with Crippen LogP contribution in [0.5, 0.6) is 0 Å². The van der Waals surface area contributed by atoms with E-state index in [0.29, 0.717) is 11.5 Å². The van der Waals surface area contributed by atoms with Crippen LogP contribution in [0.1, 0.15) is 20.3 Å². The monoisotopic (exact) mass is 321 g/mol. The van der Waals surface area contributed by atoms with E-state index < -0.39 is 0 Å². The lowest BCUT2D eigenvalue weighted by Crippen LogP contribution is -2.22. The van der Waals surface area contributed by atoms with Gasteiger partial charge in [-0.2, -0.15) is 10.1 Å². The second kappa shape index (κ2) is 6.48. The average molecular weight is 321 g/mol. The summed E-state index contributed by atoms with van der Waals surface area (Å²) < 4.78 is 0. The second-order valence-corrected chi connectivity index (χ2v) is 6.52. The molecule has 2 aliphatic rings. The molecule has 0 bridgehead atoms. The third-order valence-corrected chi connectivity index (χ3v) is 4.50. The molecule has 1 unspecified atom stereocenters. The summed E-state index contributed by atoms with van der Waals surface area (Å²) in [4.78, 5) is 14.9. The number of amides is 1. The summed E-state index contributed by atoms with van der Waals surface area (Å²) in [6.45, 7) is 4.09. The summed E-state index contributed by atoms with van der Waals surface area (Å²) in [5.41, 5.74) is 4.72. The van der Waals surface area contributed by atoms with Crippen LogP contribution in [0.4, 0.5) is 5.69 Å². The highest BCUT2D eigenvalue weighted by molar-refractivity contribution is 6.29. The van der Waals surface area contributed by atoms with Crippen LogP contribution >= 0.6 is 0 Å². The topological polar surface area (TPSA) is 35.9 Å². The van der Waals surface area contributed by atoms with Crippen molar-refractivity contribution in [3.63, 3.8) is 0 Å². The Kier molecular flexibility index (Phi) is 4.38. The minimum absolute atomic E-state index is 0.0609. The lowest BCUT2D eigenvalue weighted by atomic mass is 9.89. The molecule has 3 rings (SSSR count). The number of rotatable bonds is 3. The number of para-hydroxylation sites is 1. The van der Waals surface area contributed by atoms with Crippen LogP contribution in [-0.4, -0.2) is 30.6 Å². The van der Waals surface area contributed by atoms with Crippen molar-refractivity contribution in [1.29, 1.82) is 0 Å². The summed E-state index contributed by atoms with van der Waals surface area (Å²) in [5.74, 6) is 0.320. The third kappa shape index (κ3) is 3.04. The lowest BCUT2D eigenvalue weighted by molar-refractivity contribution is -0.114. The maximum atomic E-state index is 12.8. The maximum Gasteiger partial charge on any atom is 0.280 e. The fourth-order valence-corrected chi connectivity index (χ4v) is 2.97. The number of nitrogens with zero attached hydrogens (tertiary/aromatic N) is 3. The van der Waals surface area contributed by atoms with Gasteiger partial charge in [0, 0.05) is 19.8 Å². The lowest BCUT2D eigenvalue weighted by Gasteiger charge is -2.25. The second-order valence-electron chi connectivity index (χ2n) is 6.52. The first-order valence-electron chi connectivity index (χ1n) is 8.22. The Bertz CT molecular complexity index is 769. The van der Waals surface area contributed by atoms with Gasteiger partial charge in [-0.1, -0.05) is 31.2 Å². The molecular weight excluding hydrogens is 298 g/mol. The predicted octanol–water partition coefficient (Wildman–Crippen LogP) is 3.75. The van der Waals surface area contributed by atoms with Crippen LogP contribution in [0.2, 0.25) is 0 Å². The number of anilines is 1. The number of benzene rings is 1. The fourth-order valence-electron chi connectivity index (χ4n) is 2.97. The van der Waals surface area contributed by atoms with Gasteiger partial charge in [0.05, 0.1) is 17.0 Å². The smallest absolute Gasteiger partial charge is 0.280 e. The molecule has 0 radical (unpaired) electrons.